The monoisotopic (exact) mass is 215 g/mol. The van der Waals surface area contributed by atoms with E-state index in [0.29, 0.717) is 0 Å². The first-order chi connectivity index (χ1) is 6.06. The third kappa shape index (κ3) is 3.06. The summed E-state index contributed by atoms with van der Waals surface area (Å²) in [5, 5.41) is 0. The van der Waals surface area contributed by atoms with Crippen LogP contribution in [0, 0.1) is 0 Å². The van der Waals surface area contributed by atoms with Crippen LogP contribution in [0.2, 0.25) is 0 Å². The summed E-state index contributed by atoms with van der Waals surface area (Å²) in [5.74, 6) is 1.19. The summed E-state index contributed by atoms with van der Waals surface area (Å²) in [6.45, 7) is 10.5. The van der Waals surface area contributed by atoms with Crippen LogP contribution in [-0.2, 0) is 0 Å². The minimum absolute atomic E-state index is 0.0424. The summed E-state index contributed by atoms with van der Waals surface area (Å²) in [6.07, 6.45) is 2.53. The second kappa shape index (κ2) is 4.56. The van der Waals surface area contributed by atoms with Crippen molar-refractivity contribution in [2.75, 3.05) is 5.75 Å². The van der Waals surface area contributed by atoms with Crippen molar-refractivity contribution >= 4 is 27.9 Å². The molecule has 0 aromatic rings. The summed E-state index contributed by atoms with van der Waals surface area (Å²) >= 11 is 3.61. The number of hydrogen-bond acceptors (Lipinski definition) is 3. The van der Waals surface area contributed by atoms with Gasteiger partial charge >= 0.3 is 0 Å². The molecule has 0 atom stereocenters. The number of aliphatic imine (C=N–C) groups is 1. The number of thioether (sulfide) groups is 2. The summed E-state index contributed by atoms with van der Waals surface area (Å²) in [7, 11) is 0. The van der Waals surface area contributed by atoms with E-state index in [9.17, 15) is 0 Å². The van der Waals surface area contributed by atoms with Gasteiger partial charge in [0.15, 0.2) is 0 Å². The summed E-state index contributed by atoms with van der Waals surface area (Å²) in [5.41, 5.74) is -0.0424. The first-order valence-electron chi connectivity index (χ1n) is 4.66. The normalized spacial score (nSPS) is 20.5. The van der Waals surface area contributed by atoms with Crippen LogP contribution in [0.25, 0.3) is 0 Å². The minimum atomic E-state index is -0.0424. The Hall–Kier alpha value is 0.110. The van der Waals surface area contributed by atoms with Gasteiger partial charge in [-0.3, -0.25) is 4.99 Å². The lowest BCUT2D eigenvalue weighted by Crippen LogP contribution is -2.12. The molecule has 0 saturated heterocycles. The SMILES string of the molecule is C=C1SC(SCCCC)=NC1(C)C. The van der Waals surface area contributed by atoms with Gasteiger partial charge in [0.1, 0.15) is 4.38 Å². The zero-order valence-corrected chi connectivity index (χ0v) is 10.2. The van der Waals surface area contributed by atoms with E-state index in [1.807, 2.05) is 11.8 Å². The van der Waals surface area contributed by atoms with Crippen LogP contribution >= 0.6 is 23.5 Å². The highest BCUT2D eigenvalue weighted by Crippen LogP contribution is 2.41. The predicted octanol–water partition coefficient (Wildman–Crippen LogP) is 3.91. The smallest absolute Gasteiger partial charge is 0.130 e. The number of unbranched alkanes of at least 4 members (excludes halogenated alkanes) is 1. The van der Waals surface area contributed by atoms with Crippen LogP contribution in [-0.4, -0.2) is 15.7 Å². The highest BCUT2D eigenvalue weighted by molar-refractivity contribution is 8.40. The maximum Gasteiger partial charge on any atom is 0.130 e. The maximum atomic E-state index is 4.62. The molecule has 1 rings (SSSR count). The highest BCUT2D eigenvalue weighted by Gasteiger charge is 2.29. The summed E-state index contributed by atoms with van der Waals surface area (Å²) in [6, 6.07) is 0. The topological polar surface area (TPSA) is 12.4 Å². The van der Waals surface area contributed by atoms with Gasteiger partial charge in [0.2, 0.25) is 0 Å². The quantitative estimate of drug-likeness (QED) is 0.662. The minimum Gasteiger partial charge on any atom is -0.260 e. The molecule has 0 saturated carbocycles. The van der Waals surface area contributed by atoms with Crippen molar-refractivity contribution in [3.8, 4) is 0 Å². The van der Waals surface area contributed by atoms with Crippen LogP contribution in [0.15, 0.2) is 16.5 Å². The molecule has 13 heavy (non-hydrogen) atoms. The molecule has 0 N–H and O–H groups in total. The van der Waals surface area contributed by atoms with Crippen LogP contribution in [0.5, 0.6) is 0 Å². The van der Waals surface area contributed by atoms with Gasteiger partial charge in [0, 0.05) is 4.91 Å². The van der Waals surface area contributed by atoms with E-state index in [1.165, 1.54) is 27.9 Å². The fraction of sp³-hybridized carbons (Fsp3) is 0.700. The fourth-order valence-corrected chi connectivity index (χ4v) is 3.38. The van der Waals surface area contributed by atoms with E-state index in [0.717, 1.165) is 0 Å². The second-order valence-corrected chi connectivity index (χ2v) is 6.09. The van der Waals surface area contributed by atoms with Gasteiger partial charge in [-0.2, -0.15) is 0 Å². The Morgan fingerprint density at radius 3 is 2.69 bits per heavy atom. The average molecular weight is 215 g/mol. The zero-order valence-electron chi connectivity index (χ0n) is 8.59. The zero-order chi connectivity index (χ0) is 9.90. The van der Waals surface area contributed by atoms with Gasteiger partial charge in [0.05, 0.1) is 5.54 Å². The molecule has 1 heterocycles. The molecule has 0 spiro atoms. The van der Waals surface area contributed by atoms with E-state index in [1.54, 1.807) is 11.8 Å². The molecule has 0 aliphatic carbocycles. The Bertz CT molecular complexity index is 231. The molecule has 0 bridgehead atoms. The van der Waals surface area contributed by atoms with Gasteiger partial charge in [-0.1, -0.05) is 43.4 Å². The molecular weight excluding hydrogens is 198 g/mol. The van der Waals surface area contributed by atoms with E-state index < -0.39 is 0 Å². The number of rotatable bonds is 3. The molecular formula is C10H17NS2. The Kier molecular flexibility index (Phi) is 3.92. The van der Waals surface area contributed by atoms with Crippen LogP contribution in [0.4, 0.5) is 0 Å². The maximum absolute atomic E-state index is 4.62. The van der Waals surface area contributed by atoms with Crippen molar-refractivity contribution in [2.24, 2.45) is 4.99 Å². The van der Waals surface area contributed by atoms with Crippen molar-refractivity contribution in [1.82, 2.24) is 0 Å². The molecule has 0 amide bonds. The van der Waals surface area contributed by atoms with Crippen molar-refractivity contribution in [1.29, 1.82) is 0 Å². The lowest BCUT2D eigenvalue weighted by atomic mass is 10.1. The molecule has 1 aliphatic rings. The first-order valence-corrected chi connectivity index (χ1v) is 6.46. The molecule has 0 radical (unpaired) electrons. The third-order valence-corrected chi connectivity index (χ3v) is 4.43. The van der Waals surface area contributed by atoms with Gasteiger partial charge in [-0.25, -0.2) is 0 Å². The third-order valence-electron chi connectivity index (χ3n) is 1.99. The van der Waals surface area contributed by atoms with Gasteiger partial charge in [0.25, 0.3) is 0 Å². The first kappa shape index (κ1) is 11.2. The Morgan fingerprint density at radius 1 is 1.54 bits per heavy atom. The molecule has 0 fully saturated rings. The van der Waals surface area contributed by atoms with Crippen LogP contribution < -0.4 is 0 Å². The van der Waals surface area contributed by atoms with Crippen molar-refractivity contribution in [3.05, 3.63) is 11.5 Å². The Labute approximate surface area is 89.5 Å². The van der Waals surface area contributed by atoms with E-state index in [2.05, 4.69) is 32.3 Å². The predicted molar refractivity (Wildman–Crippen MR) is 65.6 cm³/mol. The van der Waals surface area contributed by atoms with Crippen molar-refractivity contribution < 1.29 is 0 Å². The number of hydrogen-bond donors (Lipinski definition) is 0. The van der Waals surface area contributed by atoms with E-state index in [-0.39, 0.29) is 5.54 Å². The van der Waals surface area contributed by atoms with Gasteiger partial charge in [-0.15, -0.1) is 0 Å². The molecule has 1 aliphatic heterocycles. The summed E-state index contributed by atoms with van der Waals surface area (Å²) in [4.78, 5) is 5.79. The standard InChI is InChI=1S/C10H17NS2/c1-5-6-7-12-9-11-10(3,4)8(2)13-9/h2,5-7H2,1,3-4H3. The molecule has 3 heteroatoms. The molecule has 0 aromatic carbocycles. The van der Waals surface area contributed by atoms with E-state index >= 15 is 0 Å². The van der Waals surface area contributed by atoms with Crippen LogP contribution in [0.1, 0.15) is 33.6 Å². The van der Waals surface area contributed by atoms with Gasteiger partial charge in [-0.05, 0) is 26.0 Å². The molecule has 1 nitrogen and oxygen atoms in total. The van der Waals surface area contributed by atoms with Crippen LogP contribution in [0.3, 0.4) is 0 Å². The molecule has 0 aromatic heterocycles. The lowest BCUT2D eigenvalue weighted by Gasteiger charge is -2.12. The fourth-order valence-electron chi connectivity index (χ4n) is 0.909. The Balaban J connectivity index is 2.41. The summed E-state index contributed by atoms with van der Waals surface area (Å²) < 4.78 is 1.20. The largest absolute Gasteiger partial charge is 0.260 e. The molecule has 0 unspecified atom stereocenters. The highest BCUT2D eigenvalue weighted by atomic mass is 32.2. The molecule has 74 valence electrons. The van der Waals surface area contributed by atoms with Crippen molar-refractivity contribution in [3.63, 3.8) is 0 Å². The Morgan fingerprint density at radius 2 is 2.23 bits per heavy atom. The lowest BCUT2D eigenvalue weighted by molar-refractivity contribution is 0.659. The number of nitrogens with zero attached hydrogens (tertiary/aromatic N) is 1. The average Bonchev–Trinajstić information content (AvgIpc) is 2.27. The van der Waals surface area contributed by atoms with Crippen molar-refractivity contribution in [2.45, 2.75) is 39.2 Å². The van der Waals surface area contributed by atoms with Gasteiger partial charge < -0.3 is 0 Å². The second-order valence-electron chi connectivity index (χ2n) is 3.66. The van der Waals surface area contributed by atoms with E-state index in [4.69, 9.17) is 0 Å².